The summed E-state index contributed by atoms with van der Waals surface area (Å²) >= 11 is 0. The molecule has 0 amide bonds. The van der Waals surface area contributed by atoms with Crippen LogP contribution in [0.25, 0.3) is 0 Å². The van der Waals surface area contributed by atoms with Crippen LogP contribution in [0.5, 0.6) is 0 Å². The normalized spacial score (nSPS) is 12.4. The standard InChI is InChI=1S/C13H14FN3/c1-9-6-10(8-11(14)7-9)13(17-15)12-4-2-3-5-16-12/h2-8,13,17H,15H2,1H3. The van der Waals surface area contributed by atoms with Crippen molar-refractivity contribution in [1.82, 2.24) is 10.4 Å². The van der Waals surface area contributed by atoms with Gasteiger partial charge in [-0.05, 0) is 42.3 Å². The molecule has 0 aliphatic carbocycles. The van der Waals surface area contributed by atoms with Crippen molar-refractivity contribution < 1.29 is 4.39 Å². The second-order valence-corrected chi connectivity index (χ2v) is 3.92. The molecule has 0 bridgehead atoms. The van der Waals surface area contributed by atoms with Gasteiger partial charge in [0, 0.05) is 6.20 Å². The van der Waals surface area contributed by atoms with Crippen molar-refractivity contribution in [3.63, 3.8) is 0 Å². The maximum Gasteiger partial charge on any atom is 0.123 e. The molecule has 1 unspecified atom stereocenters. The second kappa shape index (κ2) is 5.03. The molecular weight excluding hydrogens is 217 g/mol. The van der Waals surface area contributed by atoms with E-state index < -0.39 is 0 Å². The van der Waals surface area contributed by atoms with E-state index in [1.165, 1.54) is 12.1 Å². The smallest absolute Gasteiger partial charge is 0.123 e. The lowest BCUT2D eigenvalue weighted by atomic mass is 10.0. The molecule has 3 nitrogen and oxygen atoms in total. The minimum absolute atomic E-state index is 0.267. The topological polar surface area (TPSA) is 50.9 Å². The van der Waals surface area contributed by atoms with Gasteiger partial charge in [-0.1, -0.05) is 12.1 Å². The van der Waals surface area contributed by atoms with Gasteiger partial charge in [0.1, 0.15) is 5.82 Å². The lowest BCUT2D eigenvalue weighted by molar-refractivity contribution is 0.596. The van der Waals surface area contributed by atoms with Crippen molar-refractivity contribution in [3.8, 4) is 0 Å². The molecule has 0 fully saturated rings. The van der Waals surface area contributed by atoms with Crippen LogP contribution in [0.4, 0.5) is 4.39 Å². The highest BCUT2D eigenvalue weighted by Crippen LogP contribution is 2.21. The summed E-state index contributed by atoms with van der Waals surface area (Å²) in [5.74, 6) is 5.26. The number of pyridine rings is 1. The van der Waals surface area contributed by atoms with Crippen molar-refractivity contribution in [2.75, 3.05) is 0 Å². The van der Waals surface area contributed by atoms with Gasteiger partial charge >= 0.3 is 0 Å². The van der Waals surface area contributed by atoms with Gasteiger partial charge in [0.15, 0.2) is 0 Å². The quantitative estimate of drug-likeness (QED) is 0.628. The SMILES string of the molecule is Cc1cc(F)cc(C(NN)c2ccccn2)c1. The first-order valence-electron chi connectivity index (χ1n) is 5.35. The Labute approximate surface area is 99.5 Å². The summed E-state index contributed by atoms with van der Waals surface area (Å²) in [4.78, 5) is 4.22. The number of halogens is 1. The van der Waals surface area contributed by atoms with Crippen LogP contribution in [-0.4, -0.2) is 4.98 Å². The monoisotopic (exact) mass is 231 g/mol. The second-order valence-electron chi connectivity index (χ2n) is 3.92. The van der Waals surface area contributed by atoms with Crippen LogP contribution in [0.15, 0.2) is 42.6 Å². The number of nitrogens with zero attached hydrogens (tertiary/aromatic N) is 1. The third kappa shape index (κ3) is 2.67. The zero-order valence-corrected chi connectivity index (χ0v) is 9.52. The molecule has 1 atom stereocenters. The third-order valence-electron chi connectivity index (χ3n) is 2.55. The summed E-state index contributed by atoms with van der Waals surface area (Å²) in [7, 11) is 0. The fourth-order valence-electron chi connectivity index (χ4n) is 1.83. The molecule has 0 spiro atoms. The van der Waals surface area contributed by atoms with Crippen LogP contribution < -0.4 is 11.3 Å². The summed E-state index contributed by atoms with van der Waals surface area (Å²) in [6, 6.07) is 10.1. The highest BCUT2D eigenvalue weighted by Gasteiger charge is 2.14. The number of hydrogen-bond donors (Lipinski definition) is 2. The Kier molecular flexibility index (Phi) is 3.46. The highest BCUT2D eigenvalue weighted by atomic mass is 19.1. The Morgan fingerprint density at radius 1 is 1.29 bits per heavy atom. The fourth-order valence-corrected chi connectivity index (χ4v) is 1.83. The Morgan fingerprint density at radius 2 is 2.12 bits per heavy atom. The molecule has 1 aromatic carbocycles. The van der Waals surface area contributed by atoms with E-state index in [2.05, 4.69) is 10.4 Å². The minimum Gasteiger partial charge on any atom is -0.271 e. The molecule has 2 rings (SSSR count). The molecular formula is C13H14FN3. The Hall–Kier alpha value is -1.78. The van der Waals surface area contributed by atoms with Gasteiger partial charge in [0.25, 0.3) is 0 Å². The zero-order chi connectivity index (χ0) is 12.3. The van der Waals surface area contributed by atoms with Crippen LogP contribution in [-0.2, 0) is 0 Å². The summed E-state index contributed by atoms with van der Waals surface area (Å²) in [5.41, 5.74) is 5.05. The number of hydrazine groups is 1. The Bertz CT molecular complexity index is 479. The van der Waals surface area contributed by atoms with Gasteiger partial charge in [0.2, 0.25) is 0 Å². The van der Waals surface area contributed by atoms with Gasteiger partial charge in [-0.2, -0.15) is 0 Å². The molecule has 0 aliphatic heterocycles. The maximum absolute atomic E-state index is 13.4. The number of hydrogen-bond acceptors (Lipinski definition) is 3. The molecule has 1 heterocycles. The van der Waals surface area contributed by atoms with E-state index in [9.17, 15) is 4.39 Å². The molecule has 88 valence electrons. The molecule has 0 saturated heterocycles. The zero-order valence-electron chi connectivity index (χ0n) is 9.52. The number of aromatic nitrogens is 1. The van der Waals surface area contributed by atoms with E-state index in [0.29, 0.717) is 0 Å². The highest BCUT2D eigenvalue weighted by molar-refractivity contribution is 5.31. The van der Waals surface area contributed by atoms with Crippen molar-refractivity contribution in [2.45, 2.75) is 13.0 Å². The molecule has 4 heteroatoms. The van der Waals surface area contributed by atoms with Crippen molar-refractivity contribution in [2.24, 2.45) is 5.84 Å². The lowest BCUT2D eigenvalue weighted by Gasteiger charge is -2.16. The average Bonchev–Trinajstić information content (AvgIpc) is 2.30. The number of benzene rings is 1. The van der Waals surface area contributed by atoms with Crippen LogP contribution in [0.2, 0.25) is 0 Å². The van der Waals surface area contributed by atoms with Crippen molar-refractivity contribution in [3.05, 3.63) is 65.2 Å². The first-order valence-corrected chi connectivity index (χ1v) is 5.35. The van der Waals surface area contributed by atoms with Crippen molar-refractivity contribution >= 4 is 0 Å². The molecule has 1 aromatic heterocycles. The Balaban J connectivity index is 2.42. The number of nitrogens with two attached hydrogens (primary N) is 1. The van der Waals surface area contributed by atoms with Gasteiger partial charge < -0.3 is 0 Å². The fraction of sp³-hybridized carbons (Fsp3) is 0.154. The van der Waals surface area contributed by atoms with E-state index in [0.717, 1.165) is 16.8 Å². The summed E-state index contributed by atoms with van der Waals surface area (Å²) in [6.07, 6.45) is 1.69. The molecule has 2 aromatic rings. The van der Waals surface area contributed by atoms with E-state index in [1.807, 2.05) is 31.2 Å². The lowest BCUT2D eigenvalue weighted by Crippen LogP contribution is -2.29. The molecule has 17 heavy (non-hydrogen) atoms. The summed E-state index contributed by atoms with van der Waals surface area (Å²) < 4.78 is 13.4. The van der Waals surface area contributed by atoms with Gasteiger partial charge in [-0.15, -0.1) is 0 Å². The van der Waals surface area contributed by atoms with Crippen molar-refractivity contribution in [1.29, 1.82) is 0 Å². The predicted molar refractivity (Wildman–Crippen MR) is 64.5 cm³/mol. The molecule has 0 saturated carbocycles. The largest absolute Gasteiger partial charge is 0.271 e. The van der Waals surface area contributed by atoms with Gasteiger partial charge in [-0.3, -0.25) is 10.8 Å². The summed E-state index contributed by atoms with van der Waals surface area (Å²) in [6.45, 7) is 1.85. The van der Waals surface area contributed by atoms with E-state index in [-0.39, 0.29) is 11.9 Å². The minimum atomic E-state index is -0.300. The van der Waals surface area contributed by atoms with Crippen LogP contribution in [0.3, 0.4) is 0 Å². The number of rotatable bonds is 3. The molecule has 0 radical (unpaired) electrons. The first-order chi connectivity index (χ1) is 8.20. The average molecular weight is 231 g/mol. The van der Waals surface area contributed by atoms with Crippen LogP contribution in [0.1, 0.15) is 22.9 Å². The van der Waals surface area contributed by atoms with Gasteiger partial charge in [0.05, 0.1) is 11.7 Å². The maximum atomic E-state index is 13.4. The first kappa shape index (κ1) is 11.7. The van der Waals surface area contributed by atoms with E-state index in [1.54, 1.807) is 6.20 Å². The number of nitrogens with one attached hydrogen (secondary N) is 1. The number of aryl methyl sites for hydroxylation is 1. The molecule has 0 aliphatic rings. The van der Waals surface area contributed by atoms with Gasteiger partial charge in [-0.25, -0.2) is 9.82 Å². The van der Waals surface area contributed by atoms with Crippen LogP contribution >= 0.6 is 0 Å². The summed E-state index contributed by atoms with van der Waals surface area (Å²) in [5, 5.41) is 0. The Morgan fingerprint density at radius 3 is 2.71 bits per heavy atom. The van der Waals surface area contributed by atoms with E-state index >= 15 is 0 Å². The van der Waals surface area contributed by atoms with E-state index in [4.69, 9.17) is 5.84 Å². The molecule has 3 N–H and O–H groups in total. The third-order valence-corrected chi connectivity index (χ3v) is 2.55. The predicted octanol–water partition coefficient (Wildman–Crippen LogP) is 2.08. The van der Waals surface area contributed by atoms with Crippen LogP contribution in [0, 0.1) is 12.7 Å².